The Morgan fingerprint density at radius 1 is 1.43 bits per heavy atom. The van der Waals surface area contributed by atoms with Crippen molar-refractivity contribution < 1.29 is 4.74 Å². The second-order valence-corrected chi connectivity index (χ2v) is 3.61. The van der Waals surface area contributed by atoms with E-state index < -0.39 is 0 Å². The van der Waals surface area contributed by atoms with Gasteiger partial charge in [-0.15, -0.1) is 0 Å². The summed E-state index contributed by atoms with van der Waals surface area (Å²) in [6, 6.07) is 0. The van der Waals surface area contributed by atoms with E-state index in [1.54, 1.807) is 18.7 Å². The Morgan fingerprint density at radius 2 is 2.14 bits per heavy atom. The van der Waals surface area contributed by atoms with Crippen molar-refractivity contribution in [1.29, 1.82) is 0 Å². The highest BCUT2D eigenvalue weighted by molar-refractivity contribution is 6.25. The zero-order valence-corrected chi connectivity index (χ0v) is 10.0. The number of methoxy groups -OCH3 is 1. The van der Waals surface area contributed by atoms with E-state index in [9.17, 15) is 0 Å². The molecule has 0 rings (SSSR count). The number of hydrogen-bond acceptors (Lipinski definition) is 1. The summed E-state index contributed by atoms with van der Waals surface area (Å²) >= 11 is 5.67. The Hall–Kier alpha value is -0.270. The first-order valence-electron chi connectivity index (χ1n) is 5.25. The van der Waals surface area contributed by atoms with E-state index in [4.69, 9.17) is 16.3 Å². The van der Waals surface area contributed by atoms with Crippen LogP contribution in [0.15, 0.2) is 23.8 Å². The maximum Gasteiger partial charge on any atom is 0.0829 e. The number of rotatable bonds is 8. The van der Waals surface area contributed by atoms with E-state index in [0.29, 0.717) is 0 Å². The highest BCUT2D eigenvalue weighted by Gasteiger charge is 2.09. The van der Waals surface area contributed by atoms with Gasteiger partial charge in [-0.1, -0.05) is 56.9 Å². The highest BCUT2D eigenvalue weighted by Crippen LogP contribution is 2.16. The van der Waals surface area contributed by atoms with Crippen LogP contribution in [-0.4, -0.2) is 13.2 Å². The van der Waals surface area contributed by atoms with Crippen molar-refractivity contribution in [2.24, 2.45) is 0 Å². The Morgan fingerprint density at radius 3 is 2.57 bits per heavy atom. The average molecular weight is 217 g/mol. The van der Waals surface area contributed by atoms with Gasteiger partial charge in [0.05, 0.1) is 6.10 Å². The van der Waals surface area contributed by atoms with Crippen molar-refractivity contribution in [2.45, 2.75) is 45.1 Å². The third-order valence-corrected chi connectivity index (χ3v) is 2.59. The lowest BCUT2D eigenvalue weighted by atomic mass is 10.0. The fraction of sp³-hybridized carbons (Fsp3) is 0.667. The standard InChI is InChI=1S/C12H21ClO/c1-4-6-7-8-9-12(14-3)11(5-2)10-13/h5,10,12H,2,4,6-9H2,1,3H3/b11-10-/t12-/m0/s1. The molecule has 0 radical (unpaired) electrons. The molecule has 0 amide bonds. The van der Waals surface area contributed by atoms with Crippen LogP contribution in [0, 0.1) is 0 Å². The molecule has 2 heteroatoms. The zero-order chi connectivity index (χ0) is 10.8. The molecule has 0 fully saturated rings. The van der Waals surface area contributed by atoms with Crippen LogP contribution in [-0.2, 0) is 4.74 Å². The number of unbranched alkanes of at least 4 members (excludes halogenated alkanes) is 3. The third kappa shape index (κ3) is 5.46. The predicted octanol–water partition coefficient (Wildman–Crippen LogP) is 4.28. The Balaban J connectivity index is 3.84. The molecule has 0 heterocycles. The lowest BCUT2D eigenvalue weighted by Gasteiger charge is -2.15. The lowest BCUT2D eigenvalue weighted by molar-refractivity contribution is 0.124. The fourth-order valence-electron chi connectivity index (χ4n) is 1.42. The number of halogens is 1. The first-order chi connectivity index (χ1) is 6.79. The van der Waals surface area contributed by atoms with Crippen LogP contribution in [0.2, 0.25) is 0 Å². The number of hydrogen-bond donors (Lipinski definition) is 0. The van der Waals surface area contributed by atoms with E-state index in [0.717, 1.165) is 12.0 Å². The molecule has 0 saturated heterocycles. The third-order valence-electron chi connectivity index (χ3n) is 2.34. The minimum atomic E-state index is 0.113. The van der Waals surface area contributed by atoms with Crippen molar-refractivity contribution in [3.05, 3.63) is 23.8 Å². The zero-order valence-electron chi connectivity index (χ0n) is 9.26. The van der Waals surface area contributed by atoms with E-state index in [2.05, 4.69) is 13.5 Å². The first kappa shape index (κ1) is 13.7. The SMILES string of the molecule is C=C/C(=C/Cl)[C@H](CCCCCC)OC. The van der Waals surface area contributed by atoms with Crippen LogP contribution in [0.5, 0.6) is 0 Å². The minimum absolute atomic E-state index is 0.113. The molecule has 0 unspecified atom stereocenters. The first-order valence-corrected chi connectivity index (χ1v) is 5.69. The van der Waals surface area contributed by atoms with E-state index >= 15 is 0 Å². The molecule has 0 aromatic carbocycles. The molecule has 82 valence electrons. The molecule has 0 spiro atoms. The monoisotopic (exact) mass is 216 g/mol. The molecular weight excluding hydrogens is 196 g/mol. The van der Waals surface area contributed by atoms with E-state index in [-0.39, 0.29) is 6.10 Å². The molecular formula is C12H21ClO. The van der Waals surface area contributed by atoms with Crippen LogP contribution in [0.4, 0.5) is 0 Å². The highest BCUT2D eigenvalue weighted by atomic mass is 35.5. The van der Waals surface area contributed by atoms with E-state index in [1.165, 1.54) is 25.7 Å². The van der Waals surface area contributed by atoms with Gasteiger partial charge < -0.3 is 4.74 Å². The lowest BCUT2D eigenvalue weighted by Crippen LogP contribution is -2.12. The molecule has 1 nitrogen and oxygen atoms in total. The van der Waals surface area contributed by atoms with Gasteiger partial charge in [-0.25, -0.2) is 0 Å². The van der Waals surface area contributed by atoms with Crippen LogP contribution in [0.3, 0.4) is 0 Å². The van der Waals surface area contributed by atoms with Crippen LogP contribution in [0.25, 0.3) is 0 Å². The molecule has 14 heavy (non-hydrogen) atoms. The fourth-order valence-corrected chi connectivity index (χ4v) is 1.65. The molecule has 0 aliphatic heterocycles. The van der Waals surface area contributed by atoms with Crippen molar-refractivity contribution in [3.8, 4) is 0 Å². The Bertz CT molecular complexity index is 175. The molecule has 1 atom stereocenters. The van der Waals surface area contributed by atoms with Crippen LogP contribution in [0.1, 0.15) is 39.0 Å². The van der Waals surface area contributed by atoms with Gasteiger partial charge in [0, 0.05) is 12.6 Å². The van der Waals surface area contributed by atoms with Gasteiger partial charge in [-0.3, -0.25) is 0 Å². The van der Waals surface area contributed by atoms with Gasteiger partial charge in [-0.05, 0) is 12.0 Å². The van der Waals surface area contributed by atoms with Crippen molar-refractivity contribution in [3.63, 3.8) is 0 Å². The maximum atomic E-state index is 5.67. The summed E-state index contributed by atoms with van der Waals surface area (Å²) in [6.07, 6.45) is 7.92. The van der Waals surface area contributed by atoms with Crippen LogP contribution < -0.4 is 0 Å². The summed E-state index contributed by atoms with van der Waals surface area (Å²) in [4.78, 5) is 0. The van der Waals surface area contributed by atoms with Crippen molar-refractivity contribution in [1.82, 2.24) is 0 Å². The molecule has 0 aliphatic carbocycles. The van der Waals surface area contributed by atoms with Gasteiger partial charge in [-0.2, -0.15) is 0 Å². The van der Waals surface area contributed by atoms with Gasteiger partial charge in [0.1, 0.15) is 0 Å². The summed E-state index contributed by atoms with van der Waals surface area (Å²) in [5.74, 6) is 0. The molecule has 0 saturated carbocycles. The average Bonchev–Trinajstić information content (AvgIpc) is 2.23. The summed E-state index contributed by atoms with van der Waals surface area (Å²) in [5, 5.41) is 0. The summed E-state index contributed by atoms with van der Waals surface area (Å²) < 4.78 is 5.35. The van der Waals surface area contributed by atoms with Gasteiger partial charge >= 0.3 is 0 Å². The molecule has 0 N–H and O–H groups in total. The molecule has 0 aromatic rings. The topological polar surface area (TPSA) is 9.23 Å². The van der Waals surface area contributed by atoms with E-state index in [1.807, 2.05) is 0 Å². The van der Waals surface area contributed by atoms with Gasteiger partial charge in [0.15, 0.2) is 0 Å². The van der Waals surface area contributed by atoms with Gasteiger partial charge in [0.2, 0.25) is 0 Å². The van der Waals surface area contributed by atoms with Crippen molar-refractivity contribution >= 4 is 11.6 Å². The largest absolute Gasteiger partial charge is 0.377 e. The smallest absolute Gasteiger partial charge is 0.0829 e. The second-order valence-electron chi connectivity index (χ2n) is 3.39. The molecule has 0 aliphatic rings. The predicted molar refractivity (Wildman–Crippen MR) is 63.7 cm³/mol. The van der Waals surface area contributed by atoms with Crippen LogP contribution >= 0.6 is 11.6 Å². The summed E-state index contributed by atoms with van der Waals surface area (Å²) in [7, 11) is 1.72. The summed E-state index contributed by atoms with van der Waals surface area (Å²) in [5.41, 5.74) is 2.53. The molecule has 0 bridgehead atoms. The Labute approximate surface area is 92.8 Å². The molecule has 0 aromatic heterocycles. The quantitative estimate of drug-likeness (QED) is 0.435. The number of ether oxygens (including phenoxy) is 1. The maximum absolute atomic E-state index is 5.67. The Kier molecular flexibility index (Phi) is 9.11. The van der Waals surface area contributed by atoms with Gasteiger partial charge in [0.25, 0.3) is 0 Å². The second kappa shape index (κ2) is 9.29. The minimum Gasteiger partial charge on any atom is -0.377 e. The van der Waals surface area contributed by atoms with Crippen molar-refractivity contribution in [2.75, 3.05) is 7.11 Å². The normalized spacial score (nSPS) is 14.1. The summed E-state index contributed by atoms with van der Waals surface area (Å²) in [6.45, 7) is 5.92.